The molecule has 6 nitrogen and oxygen atoms in total. The lowest BCUT2D eigenvalue weighted by atomic mass is 10.0. The first-order chi connectivity index (χ1) is 28.4. The van der Waals surface area contributed by atoms with Gasteiger partial charge in [-0.15, -0.1) is 0 Å². The molecule has 0 aliphatic carbocycles. The van der Waals surface area contributed by atoms with Gasteiger partial charge in [0.1, 0.15) is 13.2 Å². The van der Waals surface area contributed by atoms with Crippen LogP contribution in [0, 0.1) is 5.92 Å². The van der Waals surface area contributed by atoms with E-state index in [1.54, 1.807) is 0 Å². The van der Waals surface area contributed by atoms with Crippen molar-refractivity contribution in [2.45, 2.75) is 297 Å². The Balaban J connectivity index is 4.30. The Bertz CT molecular complexity index is 872. The molecule has 0 N–H and O–H groups in total. The van der Waals surface area contributed by atoms with E-state index in [0.29, 0.717) is 19.3 Å². The fourth-order valence-corrected chi connectivity index (χ4v) is 7.86. The van der Waals surface area contributed by atoms with Crippen LogP contribution < -0.4 is 0 Å². The summed E-state index contributed by atoms with van der Waals surface area (Å²) in [6.07, 6.45) is 48.0. The summed E-state index contributed by atoms with van der Waals surface area (Å²) in [6, 6.07) is 0. The number of carbonyl (C=O) groups excluding carboxylic acids is 3. The highest BCUT2D eigenvalue weighted by molar-refractivity contribution is 5.71. The Kier molecular flexibility index (Phi) is 45.2. The largest absolute Gasteiger partial charge is 0.462 e. The summed E-state index contributed by atoms with van der Waals surface area (Å²) >= 11 is 0. The predicted molar refractivity (Wildman–Crippen MR) is 247 cm³/mol. The van der Waals surface area contributed by atoms with Crippen molar-refractivity contribution >= 4 is 17.9 Å². The Labute approximate surface area is 361 Å². The molecule has 0 heterocycles. The van der Waals surface area contributed by atoms with Crippen molar-refractivity contribution in [2.75, 3.05) is 13.2 Å². The van der Waals surface area contributed by atoms with Crippen molar-refractivity contribution < 1.29 is 28.6 Å². The Morgan fingerprint density at radius 3 is 0.845 bits per heavy atom. The van der Waals surface area contributed by atoms with E-state index in [-0.39, 0.29) is 31.1 Å². The minimum absolute atomic E-state index is 0.0628. The zero-order chi connectivity index (χ0) is 42.4. The molecule has 0 unspecified atom stereocenters. The van der Waals surface area contributed by atoms with Gasteiger partial charge in [-0.05, 0) is 25.2 Å². The first kappa shape index (κ1) is 56.4. The molecule has 0 saturated heterocycles. The highest BCUT2D eigenvalue weighted by atomic mass is 16.6. The summed E-state index contributed by atoms with van der Waals surface area (Å²) in [5.74, 6) is -0.0178. The van der Waals surface area contributed by atoms with Gasteiger partial charge in [-0.2, -0.15) is 0 Å². The van der Waals surface area contributed by atoms with Gasteiger partial charge in [-0.25, -0.2) is 0 Å². The third kappa shape index (κ3) is 45.5. The van der Waals surface area contributed by atoms with Crippen LogP contribution >= 0.6 is 0 Å². The molecule has 0 radical (unpaired) electrons. The monoisotopic (exact) mass is 821 g/mol. The van der Waals surface area contributed by atoms with Crippen molar-refractivity contribution in [3.8, 4) is 0 Å². The Hall–Kier alpha value is -1.59. The maximum absolute atomic E-state index is 12.8. The molecule has 0 aromatic heterocycles. The number of carbonyl (C=O) groups is 3. The lowest BCUT2D eigenvalue weighted by Crippen LogP contribution is -2.30. The molecule has 0 saturated carbocycles. The van der Waals surface area contributed by atoms with Crippen molar-refractivity contribution in [3.05, 3.63) is 0 Å². The summed E-state index contributed by atoms with van der Waals surface area (Å²) < 4.78 is 16.8. The first-order valence-corrected chi connectivity index (χ1v) is 25.9. The average Bonchev–Trinajstić information content (AvgIpc) is 3.21. The van der Waals surface area contributed by atoms with Gasteiger partial charge in [0.05, 0.1) is 0 Å². The van der Waals surface area contributed by atoms with E-state index < -0.39 is 6.10 Å². The van der Waals surface area contributed by atoms with E-state index in [2.05, 4.69) is 27.7 Å². The number of rotatable bonds is 47. The van der Waals surface area contributed by atoms with Gasteiger partial charge in [0.2, 0.25) is 0 Å². The van der Waals surface area contributed by atoms with Crippen LogP contribution in [-0.2, 0) is 28.6 Å². The number of esters is 3. The fourth-order valence-electron chi connectivity index (χ4n) is 7.86. The second kappa shape index (κ2) is 46.5. The number of hydrogen-bond donors (Lipinski definition) is 0. The van der Waals surface area contributed by atoms with Crippen LogP contribution in [0.5, 0.6) is 0 Å². The third-order valence-electron chi connectivity index (χ3n) is 11.8. The standard InChI is InChI=1S/C52H100O6/c1-5-7-9-11-13-15-17-18-19-20-24-29-33-37-41-45-52(55)58-49(46-56-50(53)43-39-35-31-27-22-16-14-12-10-8-6-2)47-57-51(54)44-40-36-32-28-25-21-23-26-30-34-38-42-48(3)4/h48-49H,5-47H2,1-4H3/t49-/m0/s1. The molecule has 1 atom stereocenters. The smallest absolute Gasteiger partial charge is 0.306 e. The SMILES string of the molecule is CCCCCCCCCCCCCCCCCC(=O)O[C@@H](COC(=O)CCCCCCCCCCCCC)COC(=O)CCCCCCCCCCCCCC(C)C. The van der Waals surface area contributed by atoms with Crippen LogP contribution in [0.3, 0.4) is 0 Å². The predicted octanol–water partition coefficient (Wildman–Crippen LogP) is 16.7. The molecule has 58 heavy (non-hydrogen) atoms. The van der Waals surface area contributed by atoms with E-state index >= 15 is 0 Å². The summed E-state index contributed by atoms with van der Waals surface area (Å²) in [5, 5.41) is 0. The van der Waals surface area contributed by atoms with Crippen molar-refractivity contribution in [3.63, 3.8) is 0 Å². The molecule has 344 valence electrons. The van der Waals surface area contributed by atoms with Gasteiger partial charge in [-0.3, -0.25) is 14.4 Å². The van der Waals surface area contributed by atoms with Crippen molar-refractivity contribution in [1.82, 2.24) is 0 Å². The van der Waals surface area contributed by atoms with E-state index in [0.717, 1.165) is 63.7 Å². The zero-order valence-electron chi connectivity index (χ0n) is 39.5. The van der Waals surface area contributed by atoms with Crippen LogP contribution in [0.15, 0.2) is 0 Å². The molecule has 0 aliphatic rings. The molecule has 0 aromatic carbocycles. The summed E-state index contributed by atoms with van der Waals surface area (Å²) in [5.41, 5.74) is 0. The minimum atomic E-state index is -0.760. The van der Waals surface area contributed by atoms with Crippen molar-refractivity contribution in [1.29, 1.82) is 0 Å². The van der Waals surface area contributed by atoms with Gasteiger partial charge < -0.3 is 14.2 Å². The number of hydrogen-bond acceptors (Lipinski definition) is 6. The highest BCUT2D eigenvalue weighted by Gasteiger charge is 2.19. The lowest BCUT2D eigenvalue weighted by molar-refractivity contribution is -0.167. The van der Waals surface area contributed by atoms with E-state index in [9.17, 15) is 14.4 Å². The molecule has 0 spiro atoms. The molecular formula is C52H100O6. The quantitative estimate of drug-likeness (QED) is 0.0346. The first-order valence-electron chi connectivity index (χ1n) is 25.9. The molecule has 0 bridgehead atoms. The molecule has 0 fully saturated rings. The van der Waals surface area contributed by atoms with Crippen molar-refractivity contribution in [2.24, 2.45) is 5.92 Å². The number of unbranched alkanes of at least 4 members (excludes halogenated alkanes) is 34. The normalized spacial score (nSPS) is 11.9. The van der Waals surface area contributed by atoms with Gasteiger partial charge in [-0.1, -0.05) is 252 Å². The topological polar surface area (TPSA) is 78.9 Å². The van der Waals surface area contributed by atoms with E-state index in [1.807, 2.05) is 0 Å². The summed E-state index contributed by atoms with van der Waals surface area (Å²) in [6.45, 7) is 9.02. The molecule has 0 aliphatic heterocycles. The highest BCUT2D eigenvalue weighted by Crippen LogP contribution is 2.17. The Morgan fingerprint density at radius 2 is 0.569 bits per heavy atom. The third-order valence-corrected chi connectivity index (χ3v) is 11.8. The minimum Gasteiger partial charge on any atom is -0.462 e. The van der Waals surface area contributed by atoms with Crippen LogP contribution in [-0.4, -0.2) is 37.2 Å². The summed E-state index contributed by atoms with van der Waals surface area (Å²) in [4.78, 5) is 37.9. The van der Waals surface area contributed by atoms with Crippen LogP contribution in [0.2, 0.25) is 0 Å². The molecule has 0 rings (SSSR count). The average molecular weight is 821 g/mol. The maximum atomic E-state index is 12.8. The second-order valence-electron chi connectivity index (χ2n) is 18.3. The Morgan fingerprint density at radius 1 is 0.328 bits per heavy atom. The summed E-state index contributed by atoms with van der Waals surface area (Å²) in [7, 11) is 0. The lowest BCUT2D eigenvalue weighted by Gasteiger charge is -2.18. The van der Waals surface area contributed by atoms with Crippen LogP contribution in [0.4, 0.5) is 0 Å². The van der Waals surface area contributed by atoms with Gasteiger partial charge in [0.15, 0.2) is 6.10 Å². The van der Waals surface area contributed by atoms with Gasteiger partial charge in [0.25, 0.3) is 0 Å². The van der Waals surface area contributed by atoms with Crippen LogP contribution in [0.25, 0.3) is 0 Å². The van der Waals surface area contributed by atoms with Gasteiger partial charge in [0, 0.05) is 19.3 Å². The van der Waals surface area contributed by atoms with Gasteiger partial charge >= 0.3 is 17.9 Å². The van der Waals surface area contributed by atoms with E-state index in [4.69, 9.17) is 14.2 Å². The maximum Gasteiger partial charge on any atom is 0.306 e. The second-order valence-corrected chi connectivity index (χ2v) is 18.3. The molecule has 0 aromatic rings. The molecule has 6 heteroatoms. The zero-order valence-corrected chi connectivity index (χ0v) is 39.5. The molecular weight excluding hydrogens is 721 g/mol. The van der Waals surface area contributed by atoms with Crippen LogP contribution in [0.1, 0.15) is 291 Å². The number of ether oxygens (including phenoxy) is 3. The van der Waals surface area contributed by atoms with E-state index in [1.165, 1.54) is 186 Å². The fraction of sp³-hybridized carbons (Fsp3) is 0.942. The molecule has 0 amide bonds.